The molecule has 1 aliphatic carbocycles. The van der Waals surface area contributed by atoms with Crippen LogP contribution in [0.2, 0.25) is 0 Å². The maximum Gasteiger partial charge on any atom is 0.159 e. The van der Waals surface area contributed by atoms with E-state index < -0.39 is 0 Å². The Morgan fingerprint density at radius 2 is 0.756 bits per heavy atom. The lowest BCUT2D eigenvalue weighted by atomic mass is 9.81. The second kappa shape index (κ2) is 16.5. The summed E-state index contributed by atoms with van der Waals surface area (Å²) in [5, 5.41) is 11.3. The van der Waals surface area contributed by atoms with Crippen molar-refractivity contribution in [2.75, 3.05) is 9.80 Å². The lowest BCUT2D eigenvalue weighted by molar-refractivity contribution is 0.572. The van der Waals surface area contributed by atoms with Gasteiger partial charge in [0.15, 0.2) is 11.2 Å². The average molecular weight is 1010 g/mol. The number of furan rings is 3. The predicted molar refractivity (Wildman–Crippen MR) is 328 cm³/mol. The fraction of sp³-hybridized carbons (Fsp3) is 0.151. The molecule has 78 heavy (non-hydrogen) atoms. The molecule has 1 aliphatic rings. The van der Waals surface area contributed by atoms with E-state index in [-0.39, 0.29) is 16.2 Å². The monoisotopic (exact) mass is 1010 g/mol. The highest BCUT2D eigenvalue weighted by molar-refractivity contribution is 6.28. The topological polar surface area (TPSA) is 45.9 Å². The van der Waals surface area contributed by atoms with Gasteiger partial charge in [0, 0.05) is 77.1 Å². The molecule has 5 nitrogen and oxygen atoms in total. The molecule has 0 radical (unpaired) electrons. The van der Waals surface area contributed by atoms with Gasteiger partial charge in [0.05, 0.1) is 22.7 Å². The molecule has 0 unspecified atom stereocenters. The van der Waals surface area contributed by atoms with E-state index in [9.17, 15) is 0 Å². The van der Waals surface area contributed by atoms with Crippen molar-refractivity contribution in [3.8, 4) is 11.1 Å². The van der Waals surface area contributed by atoms with E-state index in [1.807, 2.05) is 0 Å². The second-order valence-electron chi connectivity index (χ2n) is 24.0. The molecule has 0 spiro atoms. The maximum atomic E-state index is 7.24. The molecule has 0 N–H and O–H groups in total. The van der Waals surface area contributed by atoms with Gasteiger partial charge in [-0.05, 0) is 92.4 Å². The smallest absolute Gasteiger partial charge is 0.159 e. The van der Waals surface area contributed by atoms with Crippen LogP contribution in [-0.2, 0) is 16.2 Å². The molecule has 14 aromatic rings. The summed E-state index contributed by atoms with van der Waals surface area (Å²) in [7, 11) is 0. The van der Waals surface area contributed by atoms with Crippen molar-refractivity contribution >= 4 is 121 Å². The van der Waals surface area contributed by atoms with Gasteiger partial charge in [-0.2, -0.15) is 0 Å². The van der Waals surface area contributed by atoms with Crippen LogP contribution in [0.5, 0.6) is 0 Å². The highest BCUT2D eigenvalue weighted by Gasteiger charge is 2.41. The normalized spacial score (nSPS) is 13.5. The molecule has 0 saturated heterocycles. The summed E-state index contributed by atoms with van der Waals surface area (Å²) in [5.74, 6) is 0. The van der Waals surface area contributed by atoms with Gasteiger partial charge in [-0.15, -0.1) is 0 Å². The molecule has 0 amide bonds. The minimum atomic E-state index is -0.380. The molecule has 3 aromatic heterocycles. The molecule has 0 saturated carbocycles. The Morgan fingerprint density at radius 3 is 1.28 bits per heavy atom. The Kier molecular flexibility index (Phi) is 9.77. The van der Waals surface area contributed by atoms with Crippen LogP contribution in [0.4, 0.5) is 34.1 Å². The summed E-state index contributed by atoms with van der Waals surface area (Å²) in [6.07, 6.45) is 0. The second-order valence-corrected chi connectivity index (χ2v) is 24.0. The molecule has 0 aliphatic heterocycles. The number of anilines is 6. The number of para-hydroxylation sites is 6. The third kappa shape index (κ3) is 6.60. The van der Waals surface area contributed by atoms with Crippen molar-refractivity contribution in [1.82, 2.24) is 0 Å². The van der Waals surface area contributed by atoms with Crippen molar-refractivity contribution in [2.24, 2.45) is 0 Å². The molecule has 0 bridgehead atoms. The van der Waals surface area contributed by atoms with Crippen molar-refractivity contribution in [3.05, 3.63) is 229 Å². The van der Waals surface area contributed by atoms with E-state index in [4.69, 9.17) is 13.3 Å². The molecule has 5 heteroatoms. The number of hydrogen-bond acceptors (Lipinski definition) is 5. The van der Waals surface area contributed by atoms with Gasteiger partial charge in [-0.3, -0.25) is 0 Å². The quantitative estimate of drug-likeness (QED) is 0.166. The molecule has 11 aromatic carbocycles. The van der Waals surface area contributed by atoms with Crippen LogP contribution in [0.25, 0.3) is 98.5 Å². The molecular weight excluding hydrogens is 953 g/mol. The minimum Gasteiger partial charge on any atom is -0.456 e. The molecule has 15 rings (SSSR count). The Balaban J connectivity index is 0.982. The third-order valence-corrected chi connectivity index (χ3v) is 16.9. The Bertz CT molecular complexity index is 4790. The maximum absolute atomic E-state index is 7.24. The number of hydrogen-bond donors (Lipinski definition) is 0. The number of benzene rings is 11. The van der Waals surface area contributed by atoms with E-state index in [2.05, 4.69) is 271 Å². The molecular formula is C73H58N2O3. The first-order valence-corrected chi connectivity index (χ1v) is 27.3. The van der Waals surface area contributed by atoms with Crippen molar-refractivity contribution in [1.29, 1.82) is 0 Å². The predicted octanol–water partition coefficient (Wildman–Crippen LogP) is 21.5. The highest BCUT2D eigenvalue weighted by Crippen LogP contribution is 2.59. The van der Waals surface area contributed by atoms with Gasteiger partial charge in [-0.25, -0.2) is 0 Å². The Morgan fingerprint density at radius 1 is 0.321 bits per heavy atom. The minimum absolute atomic E-state index is 0.103. The SMILES string of the molecule is CC(C)(C)c1cccc2c1oc1c(N(c3ccccc3)c3cc4c(c5ccccc35)-c3c(ccc5oc6cc(N(c7ccccc7)c7cccc8c7oc7c(C(C)(C)C)cccc78)c7ccccc7c6c35)C4(C)C)cccc12. The first-order chi connectivity index (χ1) is 37.8. The van der Waals surface area contributed by atoms with Crippen LogP contribution < -0.4 is 9.80 Å². The van der Waals surface area contributed by atoms with E-state index in [0.717, 1.165) is 116 Å². The van der Waals surface area contributed by atoms with Crippen LogP contribution in [0.1, 0.15) is 77.6 Å². The summed E-state index contributed by atoms with van der Waals surface area (Å²) in [4.78, 5) is 4.79. The molecule has 3 heterocycles. The standard InChI is InChI=1S/C73H58N2O3/c1-71(2,3)54-35-19-31-49-51-33-21-37-57(69(51)77-67(49)54)74(43-23-11-9-12-24-43)59-41-56-63(47-29-17-15-27-45(47)59)65-53(73(56,7)8)39-40-61-66(65)64-48-30-18-16-28-46(48)60(42-62(64)76-61)75(44-25-13-10-14-26-44)58-38-22-34-52-50-32-20-36-55(72(4,5)6)68(50)78-70(52)58/h9-42H,1-8H3. The molecule has 378 valence electrons. The Hall–Kier alpha value is -9.06. The van der Waals surface area contributed by atoms with E-state index in [0.29, 0.717) is 0 Å². The summed E-state index contributed by atoms with van der Waals surface area (Å²) in [5.41, 5.74) is 18.2. The first kappa shape index (κ1) is 46.3. The largest absolute Gasteiger partial charge is 0.456 e. The zero-order valence-corrected chi connectivity index (χ0v) is 45.2. The number of nitrogens with zero attached hydrogens (tertiary/aromatic N) is 2. The first-order valence-electron chi connectivity index (χ1n) is 27.3. The summed E-state index contributed by atoms with van der Waals surface area (Å²) < 4.78 is 21.5. The highest BCUT2D eigenvalue weighted by atomic mass is 16.3. The van der Waals surface area contributed by atoms with Crippen LogP contribution in [0.15, 0.2) is 220 Å². The zero-order chi connectivity index (χ0) is 53.0. The summed E-state index contributed by atoms with van der Waals surface area (Å²) in [6.45, 7) is 18.3. The van der Waals surface area contributed by atoms with E-state index in [1.165, 1.54) is 38.8 Å². The van der Waals surface area contributed by atoms with Crippen LogP contribution in [0.3, 0.4) is 0 Å². The fourth-order valence-electron chi connectivity index (χ4n) is 13.2. The van der Waals surface area contributed by atoms with Crippen LogP contribution in [0, 0.1) is 0 Å². The van der Waals surface area contributed by atoms with Gasteiger partial charge >= 0.3 is 0 Å². The van der Waals surface area contributed by atoms with Gasteiger partial charge in [0.1, 0.15) is 22.3 Å². The summed E-state index contributed by atoms with van der Waals surface area (Å²) >= 11 is 0. The van der Waals surface area contributed by atoms with Crippen LogP contribution >= 0.6 is 0 Å². The third-order valence-electron chi connectivity index (χ3n) is 16.9. The van der Waals surface area contributed by atoms with Gasteiger partial charge < -0.3 is 23.1 Å². The average Bonchev–Trinajstić information content (AvgIpc) is 4.38. The summed E-state index contributed by atoms with van der Waals surface area (Å²) in [6, 6.07) is 74.8. The van der Waals surface area contributed by atoms with E-state index >= 15 is 0 Å². The van der Waals surface area contributed by atoms with Gasteiger partial charge in [0.25, 0.3) is 0 Å². The number of fused-ring (bicyclic) bond motifs is 17. The van der Waals surface area contributed by atoms with Gasteiger partial charge in [0.2, 0.25) is 0 Å². The zero-order valence-electron chi connectivity index (χ0n) is 45.2. The van der Waals surface area contributed by atoms with Crippen molar-refractivity contribution in [3.63, 3.8) is 0 Å². The van der Waals surface area contributed by atoms with Gasteiger partial charge in [-0.1, -0.05) is 207 Å². The van der Waals surface area contributed by atoms with Crippen molar-refractivity contribution in [2.45, 2.75) is 71.6 Å². The lowest BCUT2D eigenvalue weighted by Gasteiger charge is -2.29. The Labute approximate surface area is 453 Å². The molecule has 0 fully saturated rings. The van der Waals surface area contributed by atoms with Crippen LogP contribution in [-0.4, -0.2) is 0 Å². The van der Waals surface area contributed by atoms with E-state index in [1.54, 1.807) is 0 Å². The fourth-order valence-corrected chi connectivity index (χ4v) is 13.2. The number of rotatable bonds is 6. The lowest BCUT2D eigenvalue weighted by Crippen LogP contribution is -2.17. The van der Waals surface area contributed by atoms with Crippen molar-refractivity contribution < 1.29 is 13.3 Å². The molecule has 0 atom stereocenters.